The van der Waals surface area contributed by atoms with Gasteiger partial charge in [0.25, 0.3) is 0 Å². The monoisotopic (exact) mass is 443 g/mol. The molecule has 0 bridgehead atoms. The highest BCUT2D eigenvalue weighted by molar-refractivity contribution is 7.90. The number of nitrogens with zero attached hydrogens (tertiary/aromatic N) is 2. The van der Waals surface area contributed by atoms with E-state index in [4.69, 9.17) is 0 Å². The van der Waals surface area contributed by atoms with Gasteiger partial charge >= 0.3 is 5.97 Å². The molecule has 1 aliphatic rings. The number of hydrogen-bond donors (Lipinski definition) is 2. The fraction of sp³-hybridized carbons (Fsp3) is 0.478. The lowest BCUT2D eigenvalue weighted by Gasteiger charge is -2.23. The molecule has 0 aliphatic heterocycles. The van der Waals surface area contributed by atoms with Gasteiger partial charge in [0.1, 0.15) is 11.8 Å². The van der Waals surface area contributed by atoms with E-state index in [0.717, 1.165) is 24.8 Å². The number of sulfonamides is 1. The summed E-state index contributed by atoms with van der Waals surface area (Å²) in [5, 5.41) is 19.0. The van der Waals surface area contributed by atoms with Crippen molar-refractivity contribution in [2.24, 2.45) is 7.05 Å². The normalized spacial score (nSPS) is 19.0. The highest BCUT2D eigenvalue weighted by Gasteiger charge is 2.33. The van der Waals surface area contributed by atoms with Crippen LogP contribution in [0.2, 0.25) is 0 Å². The number of rotatable bonds is 7. The van der Waals surface area contributed by atoms with Crippen LogP contribution in [0, 0.1) is 11.3 Å². The van der Waals surface area contributed by atoms with Crippen molar-refractivity contribution >= 4 is 16.0 Å². The van der Waals surface area contributed by atoms with E-state index in [9.17, 15) is 23.6 Å². The zero-order chi connectivity index (χ0) is 22.9. The van der Waals surface area contributed by atoms with Gasteiger partial charge in [0, 0.05) is 30.3 Å². The molecule has 1 saturated carbocycles. The van der Waals surface area contributed by atoms with E-state index in [2.05, 4.69) is 10.8 Å². The molecule has 3 rings (SSSR count). The third-order valence-electron chi connectivity index (χ3n) is 6.24. The van der Waals surface area contributed by atoms with Gasteiger partial charge in [-0.25, -0.2) is 17.9 Å². The Bertz CT molecular complexity index is 1130. The molecule has 0 amide bonds. The van der Waals surface area contributed by atoms with Crippen LogP contribution in [0.5, 0.6) is 0 Å². The summed E-state index contributed by atoms with van der Waals surface area (Å²) in [7, 11) is -1.69. The fourth-order valence-corrected chi connectivity index (χ4v) is 5.52. The summed E-state index contributed by atoms with van der Waals surface area (Å²) in [5.74, 6) is -1.00. The van der Waals surface area contributed by atoms with Crippen LogP contribution < -0.4 is 4.72 Å². The molecular formula is C23H29N3O4S. The van der Waals surface area contributed by atoms with Gasteiger partial charge in [-0.05, 0) is 44.2 Å². The number of carboxylic acid groups (broad SMARTS) is 1. The molecule has 7 nitrogen and oxygen atoms in total. The average molecular weight is 444 g/mol. The van der Waals surface area contributed by atoms with E-state index in [1.807, 2.05) is 31.2 Å². The average Bonchev–Trinajstić information content (AvgIpc) is 3.28. The summed E-state index contributed by atoms with van der Waals surface area (Å²) in [5.41, 5.74) is 3.30. The first kappa shape index (κ1) is 23.0. The van der Waals surface area contributed by atoms with Crippen molar-refractivity contribution in [1.29, 1.82) is 5.26 Å². The molecule has 1 fully saturated rings. The van der Waals surface area contributed by atoms with Crippen molar-refractivity contribution in [3.05, 3.63) is 46.8 Å². The number of hydrogen-bond acceptors (Lipinski definition) is 4. The largest absolute Gasteiger partial charge is 0.477 e. The number of carboxylic acids is 1. The minimum absolute atomic E-state index is 0.0685. The van der Waals surface area contributed by atoms with Crippen LogP contribution >= 0.6 is 0 Å². The Hall–Kier alpha value is -2.63. The Balaban J connectivity index is 1.98. The van der Waals surface area contributed by atoms with Crippen LogP contribution in [-0.4, -0.2) is 35.4 Å². The standard InChI is InChI=1S/C23H29N3O4S/c1-5-20-18(13-24)21(22(23(27)28)26(20)4)16-11-9-15(10-12-16)17-7-6-8-19(17)25-31(29,30)14(2)3/h9-12,14,17,19,25H,5-8H2,1-4H3,(H,27,28)/t17-,19-/m0/s1. The predicted octanol–water partition coefficient (Wildman–Crippen LogP) is 3.79. The van der Waals surface area contributed by atoms with Crippen LogP contribution in [0.1, 0.15) is 73.3 Å². The summed E-state index contributed by atoms with van der Waals surface area (Å²) >= 11 is 0. The molecule has 166 valence electrons. The molecule has 0 saturated heterocycles. The molecule has 0 spiro atoms. The Morgan fingerprint density at radius 2 is 1.94 bits per heavy atom. The van der Waals surface area contributed by atoms with E-state index in [1.54, 1.807) is 25.5 Å². The predicted molar refractivity (Wildman–Crippen MR) is 119 cm³/mol. The molecule has 1 heterocycles. The zero-order valence-corrected chi connectivity index (χ0v) is 19.2. The maximum atomic E-state index is 12.3. The minimum Gasteiger partial charge on any atom is -0.477 e. The molecular weight excluding hydrogens is 414 g/mol. The van der Waals surface area contributed by atoms with E-state index in [0.29, 0.717) is 28.8 Å². The van der Waals surface area contributed by atoms with Crippen LogP contribution in [0.15, 0.2) is 24.3 Å². The second-order valence-corrected chi connectivity index (χ2v) is 10.6. The number of nitrogens with one attached hydrogen (secondary N) is 1. The summed E-state index contributed by atoms with van der Waals surface area (Å²) in [6, 6.07) is 9.56. The van der Waals surface area contributed by atoms with Gasteiger partial charge in [-0.2, -0.15) is 5.26 Å². The van der Waals surface area contributed by atoms with Crippen molar-refractivity contribution in [3.63, 3.8) is 0 Å². The molecule has 1 aromatic heterocycles. The second kappa shape index (κ2) is 8.85. The molecule has 1 aliphatic carbocycles. The first-order valence-electron chi connectivity index (χ1n) is 10.6. The molecule has 0 unspecified atom stereocenters. The van der Waals surface area contributed by atoms with E-state index in [1.165, 1.54) is 0 Å². The maximum Gasteiger partial charge on any atom is 0.353 e. The topological polar surface area (TPSA) is 112 Å². The first-order valence-corrected chi connectivity index (χ1v) is 12.1. The minimum atomic E-state index is -3.36. The lowest BCUT2D eigenvalue weighted by molar-refractivity contribution is 0.0687. The molecule has 0 radical (unpaired) electrons. The summed E-state index contributed by atoms with van der Waals surface area (Å²) in [6.07, 6.45) is 3.17. The first-order chi connectivity index (χ1) is 14.6. The van der Waals surface area contributed by atoms with Crippen molar-refractivity contribution in [2.75, 3.05) is 0 Å². The Kier molecular flexibility index (Phi) is 6.58. The van der Waals surface area contributed by atoms with Crippen LogP contribution in [0.3, 0.4) is 0 Å². The fourth-order valence-electron chi connectivity index (χ4n) is 4.54. The summed E-state index contributed by atoms with van der Waals surface area (Å²) < 4.78 is 29.1. The van der Waals surface area contributed by atoms with Gasteiger partial charge in [0.15, 0.2) is 0 Å². The number of aromatic nitrogens is 1. The lowest BCUT2D eigenvalue weighted by Crippen LogP contribution is -2.40. The Morgan fingerprint density at radius 1 is 1.29 bits per heavy atom. The van der Waals surface area contributed by atoms with Gasteiger partial charge < -0.3 is 9.67 Å². The van der Waals surface area contributed by atoms with Crippen molar-refractivity contribution < 1.29 is 18.3 Å². The number of nitriles is 1. The van der Waals surface area contributed by atoms with Gasteiger partial charge in [0.05, 0.1) is 10.8 Å². The highest BCUT2D eigenvalue weighted by atomic mass is 32.2. The van der Waals surface area contributed by atoms with E-state index < -0.39 is 21.2 Å². The SMILES string of the molecule is CCc1c(C#N)c(-c2ccc([C@@H]3CCC[C@@H]3NS(=O)(=O)C(C)C)cc2)c(C(=O)O)n1C. The summed E-state index contributed by atoms with van der Waals surface area (Å²) in [6.45, 7) is 5.23. The quantitative estimate of drug-likeness (QED) is 0.676. The Morgan fingerprint density at radius 3 is 2.45 bits per heavy atom. The Labute approximate surface area is 183 Å². The third kappa shape index (κ3) is 4.25. The number of aromatic carboxylic acids is 1. The van der Waals surface area contributed by atoms with Crippen molar-refractivity contribution in [2.45, 2.75) is 63.7 Å². The van der Waals surface area contributed by atoms with Gasteiger partial charge in [-0.3, -0.25) is 0 Å². The van der Waals surface area contributed by atoms with Crippen LogP contribution in [0.4, 0.5) is 0 Å². The zero-order valence-electron chi connectivity index (χ0n) is 18.3. The van der Waals surface area contributed by atoms with Gasteiger partial charge in [-0.1, -0.05) is 37.6 Å². The smallest absolute Gasteiger partial charge is 0.353 e. The lowest BCUT2D eigenvalue weighted by atomic mass is 9.92. The van der Waals surface area contributed by atoms with Crippen LogP contribution in [-0.2, 0) is 23.5 Å². The molecule has 2 aromatic rings. The molecule has 2 atom stereocenters. The molecule has 2 N–H and O–H groups in total. The number of benzene rings is 1. The molecule has 31 heavy (non-hydrogen) atoms. The summed E-state index contributed by atoms with van der Waals surface area (Å²) in [4.78, 5) is 11.9. The van der Waals surface area contributed by atoms with Crippen molar-refractivity contribution in [1.82, 2.24) is 9.29 Å². The third-order valence-corrected chi connectivity index (χ3v) is 8.12. The van der Waals surface area contributed by atoms with E-state index in [-0.39, 0.29) is 17.7 Å². The second-order valence-electron chi connectivity index (χ2n) is 8.35. The van der Waals surface area contributed by atoms with Crippen LogP contribution in [0.25, 0.3) is 11.1 Å². The highest BCUT2D eigenvalue weighted by Crippen LogP contribution is 2.38. The molecule has 1 aromatic carbocycles. The van der Waals surface area contributed by atoms with Gasteiger partial charge in [-0.15, -0.1) is 0 Å². The number of carbonyl (C=O) groups is 1. The van der Waals surface area contributed by atoms with E-state index >= 15 is 0 Å². The maximum absolute atomic E-state index is 12.3. The van der Waals surface area contributed by atoms with Gasteiger partial charge in [0.2, 0.25) is 10.0 Å². The molecule has 8 heteroatoms. The van der Waals surface area contributed by atoms with Crippen molar-refractivity contribution in [3.8, 4) is 17.2 Å².